The van der Waals surface area contributed by atoms with Crippen molar-refractivity contribution in [2.75, 3.05) is 6.61 Å². The second kappa shape index (κ2) is 6.45. The molecule has 0 bridgehead atoms. The van der Waals surface area contributed by atoms with E-state index in [-0.39, 0.29) is 4.83 Å². The number of hydrogen-bond donors (Lipinski definition) is 0. The van der Waals surface area contributed by atoms with Crippen LogP contribution in [0, 0.1) is 20.8 Å². The Morgan fingerprint density at radius 2 is 1.60 bits per heavy atom. The van der Waals surface area contributed by atoms with Gasteiger partial charge in [-0.2, -0.15) is 0 Å². The van der Waals surface area contributed by atoms with Gasteiger partial charge in [-0.25, -0.2) is 0 Å². The zero-order valence-corrected chi connectivity index (χ0v) is 14.1. The van der Waals surface area contributed by atoms with Crippen molar-refractivity contribution in [1.82, 2.24) is 0 Å². The van der Waals surface area contributed by atoms with E-state index >= 15 is 0 Å². The van der Waals surface area contributed by atoms with Crippen LogP contribution in [0.1, 0.15) is 39.6 Å². The number of alkyl halides is 1. The maximum absolute atomic E-state index is 5.77. The first-order chi connectivity index (χ1) is 9.52. The molecule has 0 aromatic heterocycles. The normalized spacial score (nSPS) is 12.2. The SMILES string of the molecule is CCOc1ccc(C)cc1C(Br)c1ccc(C)cc1C. The molecule has 0 fully saturated rings. The summed E-state index contributed by atoms with van der Waals surface area (Å²) in [5.41, 5.74) is 6.33. The monoisotopic (exact) mass is 332 g/mol. The van der Waals surface area contributed by atoms with Crippen LogP contribution < -0.4 is 4.74 Å². The molecule has 0 spiro atoms. The summed E-state index contributed by atoms with van der Waals surface area (Å²) in [6.45, 7) is 9.10. The molecule has 0 radical (unpaired) electrons. The van der Waals surface area contributed by atoms with E-state index in [0.717, 1.165) is 5.75 Å². The van der Waals surface area contributed by atoms with Crippen LogP contribution in [0.15, 0.2) is 36.4 Å². The van der Waals surface area contributed by atoms with Crippen LogP contribution in [0.5, 0.6) is 5.75 Å². The molecule has 0 saturated carbocycles. The number of ether oxygens (including phenoxy) is 1. The summed E-state index contributed by atoms with van der Waals surface area (Å²) >= 11 is 3.84. The van der Waals surface area contributed by atoms with Gasteiger partial charge in [-0.05, 0) is 44.9 Å². The second-order valence-electron chi connectivity index (χ2n) is 5.20. The van der Waals surface area contributed by atoms with Gasteiger partial charge in [0.05, 0.1) is 11.4 Å². The Bertz CT molecular complexity index is 604. The molecule has 20 heavy (non-hydrogen) atoms. The van der Waals surface area contributed by atoms with E-state index < -0.39 is 0 Å². The van der Waals surface area contributed by atoms with Gasteiger partial charge in [0.25, 0.3) is 0 Å². The van der Waals surface area contributed by atoms with Gasteiger partial charge in [0.2, 0.25) is 0 Å². The van der Waals surface area contributed by atoms with Crippen molar-refractivity contribution in [1.29, 1.82) is 0 Å². The molecule has 0 aliphatic rings. The fourth-order valence-corrected chi connectivity index (χ4v) is 3.30. The summed E-state index contributed by atoms with van der Waals surface area (Å²) in [5, 5.41) is 0. The number of hydrogen-bond acceptors (Lipinski definition) is 1. The zero-order valence-electron chi connectivity index (χ0n) is 12.5. The highest BCUT2D eigenvalue weighted by Gasteiger charge is 2.17. The molecular weight excluding hydrogens is 312 g/mol. The van der Waals surface area contributed by atoms with Crippen LogP contribution in [0.4, 0.5) is 0 Å². The van der Waals surface area contributed by atoms with Crippen LogP contribution in [0.2, 0.25) is 0 Å². The first-order valence-corrected chi connectivity index (χ1v) is 7.89. The molecular formula is C18H21BrO. The molecule has 0 saturated heterocycles. The third-order valence-electron chi connectivity index (χ3n) is 3.44. The van der Waals surface area contributed by atoms with Crippen molar-refractivity contribution in [2.45, 2.75) is 32.5 Å². The molecule has 0 aliphatic carbocycles. The molecule has 0 heterocycles. The largest absolute Gasteiger partial charge is 0.494 e. The molecule has 0 amide bonds. The Morgan fingerprint density at radius 1 is 0.950 bits per heavy atom. The van der Waals surface area contributed by atoms with Crippen LogP contribution in [-0.2, 0) is 0 Å². The molecule has 2 aromatic rings. The van der Waals surface area contributed by atoms with Gasteiger partial charge in [-0.1, -0.05) is 57.4 Å². The Hall–Kier alpha value is -1.28. The maximum Gasteiger partial charge on any atom is 0.123 e. The lowest BCUT2D eigenvalue weighted by molar-refractivity contribution is 0.337. The highest BCUT2D eigenvalue weighted by Crippen LogP contribution is 2.38. The van der Waals surface area contributed by atoms with E-state index in [4.69, 9.17) is 4.74 Å². The van der Waals surface area contributed by atoms with Crippen LogP contribution in [0.25, 0.3) is 0 Å². The minimum Gasteiger partial charge on any atom is -0.494 e. The van der Waals surface area contributed by atoms with Gasteiger partial charge in [0.1, 0.15) is 5.75 Å². The molecule has 1 atom stereocenters. The van der Waals surface area contributed by atoms with Gasteiger partial charge in [0, 0.05) is 5.56 Å². The van der Waals surface area contributed by atoms with E-state index in [0.29, 0.717) is 6.61 Å². The highest BCUT2D eigenvalue weighted by molar-refractivity contribution is 9.09. The Kier molecular flexibility index (Phi) is 4.87. The minimum absolute atomic E-state index is 0.157. The smallest absolute Gasteiger partial charge is 0.123 e. The van der Waals surface area contributed by atoms with Crippen molar-refractivity contribution in [3.8, 4) is 5.75 Å². The third kappa shape index (κ3) is 3.24. The average Bonchev–Trinajstić information content (AvgIpc) is 2.40. The molecule has 2 aromatic carbocycles. The predicted molar refractivity (Wildman–Crippen MR) is 89.0 cm³/mol. The maximum atomic E-state index is 5.77. The van der Waals surface area contributed by atoms with E-state index in [1.807, 2.05) is 6.92 Å². The lowest BCUT2D eigenvalue weighted by Crippen LogP contribution is -2.02. The molecule has 1 unspecified atom stereocenters. The summed E-state index contributed by atoms with van der Waals surface area (Å²) in [6.07, 6.45) is 0. The average molecular weight is 333 g/mol. The summed E-state index contributed by atoms with van der Waals surface area (Å²) in [5.74, 6) is 0.958. The highest BCUT2D eigenvalue weighted by atomic mass is 79.9. The first-order valence-electron chi connectivity index (χ1n) is 6.97. The standard InChI is InChI=1S/C18H21BrO/c1-5-20-17-9-7-13(3)11-16(17)18(19)15-8-6-12(2)10-14(15)4/h6-11,18H,5H2,1-4H3. The lowest BCUT2D eigenvalue weighted by Gasteiger charge is -2.18. The van der Waals surface area contributed by atoms with Crippen molar-refractivity contribution in [2.24, 2.45) is 0 Å². The van der Waals surface area contributed by atoms with Crippen molar-refractivity contribution < 1.29 is 4.74 Å². The molecule has 106 valence electrons. The first kappa shape index (κ1) is 15.1. The topological polar surface area (TPSA) is 9.23 Å². The van der Waals surface area contributed by atoms with Gasteiger partial charge >= 0.3 is 0 Å². The Morgan fingerprint density at radius 3 is 2.25 bits per heavy atom. The summed E-state index contributed by atoms with van der Waals surface area (Å²) < 4.78 is 5.77. The summed E-state index contributed by atoms with van der Waals surface area (Å²) in [6, 6.07) is 12.9. The molecule has 2 rings (SSSR count). The van der Waals surface area contributed by atoms with Gasteiger partial charge in [-0.3, -0.25) is 0 Å². The van der Waals surface area contributed by atoms with E-state index in [2.05, 4.69) is 73.1 Å². The Balaban J connectivity index is 2.46. The zero-order chi connectivity index (χ0) is 14.7. The van der Waals surface area contributed by atoms with Gasteiger partial charge < -0.3 is 4.74 Å². The van der Waals surface area contributed by atoms with Crippen LogP contribution in [-0.4, -0.2) is 6.61 Å². The molecule has 0 N–H and O–H groups in total. The molecule has 0 aliphatic heterocycles. The van der Waals surface area contributed by atoms with E-state index in [1.54, 1.807) is 0 Å². The second-order valence-corrected chi connectivity index (χ2v) is 6.11. The van der Waals surface area contributed by atoms with Crippen molar-refractivity contribution in [3.63, 3.8) is 0 Å². The molecule has 2 heteroatoms. The van der Waals surface area contributed by atoms with Crippen LogP contribution >= 0.6 is 15.9 Å². The molecule has 1 nitrogen and oxygen atoms in total. The third-order valence-corrected chi connectivity index (χ3v) is 4.42. The summed E-state index contributed by atoms with van der Waals surface area (Å²) in [7, 11) is 0. The number of aryl methyl sites for hydroxylation is 3. The van der Waals surface area contributed by atoms with Gasteiger partial charge in [-0.15, -0.1) is 0 Å². The quantitative estimate of drug-likeness (QED) is 0.672. The summed E-state index contributed by atoms with van der Waals surface area (Å²) in [4.78, 5) is 0.157. The van der Waals surface area contributed by atoms with Crippen molar-refractivity contribution in [3.05, 3.63) is 64.2 Å². The van der Waals surface area contributed by atoms with E-state index in [1.165, 1.54) is 27.8 Å². The fraction of sp³-hybridized carbons (Fsp3) is 0.333. The Labute approximate surface area is 130 Å². The number of benzene rings is 2. The van der Waals surface area contributed by atoms with Crippen LogP contribution in [0.3, 0.4) is 0 Å². The number of halogens is 1. The minimum atomic E-state index is 0.157. The van der Waals surface area contributed by atoms with E-state index in [9.17, 15) is 0 Å². The van der Waals surface area contributed by atoms with Crippen molar-refractivity contribution >= 4 is 15.9 Å². The lowest BCUT2D eigenvalue weighted by atomic mass is 9.97. The predicted octanol–water partition coefficient (Wildman–Crippen LogP) is 5.49. The van der Waals surface area contributed by atoms with Gasteiger partial charge in [0.15, 0.2) is 0 Å². The fourth-order valence-electron chi connectivity index (χ4n) is 2.43. The number of rotatable bonds is 4.